The van der Waals surface area contributed by atoms with Crippen LogP contribution in [0.25, 0.3) is 0 Å². The lowest BCUT2D eigenvalue weighted by Gasteiger charge is -2.32. The van der Waals surface area contributed by atoms with E-state index >= 15 is 0 Å². The molecule has 2 amide bonds. The molecule has 5 nitrogen and oxygen atoms in total. The van der Waals surface area contributed by atoms with Crippen LogP contribution in [0.5, 0.6) is 5.75 Å². The third-order valence-electron chi connectivity index (χ3n) is 4.02. The van der Waals surface area contributed by atoms with E-state index in [-0.39, 0.29) is 23.2 Å². The van der Waals surface area contributed by atoms with E-state index < -0.39 is 0 Å². The Morgan fingerprint density at radius 3 is 2.95 bits per heavy atom. The molecule has 2 aliphatic rings. The first-order valence-corrected chi connectivity index (χ1v) is 8.24. The van der Waals surface area contributed by atoms with Crippen molar-refractivity contribution < 1.29 is 14.3 Å². The van der Waals surface area contributed by atoms with Crippen LogP contribution in [0.3, 0.4) is 0 Å². The second-order valence-corrected chi connectivity index (χ2v) is 6.28. The van der Waals surface area contributed by atoms with Gasteiger partial charge in [-0.05, 0) is 29.7 Å². The number of thiol groups is 1. The number of hydrogen-bond donors (Lipinski definition) is 2. The summed E-state index contributed by atoms with van der Waals surface area (Å²) < 4.78 is 5.53. The summed E-state index contributed by atoms with van der Waals surface area (Å²) in [6, 6.07) is 5.52. The number of fused-ring (bicyclic) bond motifs is 1. The SMILES string of the molecule is O=C1CCC(N2Cc3cc(OCCCl)ccc3C2S)C(=O)N1. The number of rotatable bonds is 4. The Morgan fingerprint density at radius 1 is 1.41 bits per heavy atom. The van der Waals surface area contributed by atoms with Crippen LogP contribution >= 0.6 is 24.2 Å². The second-order valence-electron chi connectivity index (χ2n) is 5.41. The van der Waals surface area contributed by atoms with E-state index in [1.165, 1.54) is 0 Å². The van der Waals surface area contributed by atoms with Crippen molar-refractivity contribution in [1.29, 1.82) is 0 Å². The summed E-state index contributed by atoms with van der Waals surface area (Å²) in [7, 11) is 0. The number of nitrogens with zero attached hydrogens (tertiary/aromatic N) is 1. The van der Waals surface area contributed by atoms with E-state index in [0.717, 1.165) is 16.9 Å². The normalized spacial score (nSPS) is 25.0. The molecule has 1 fully saturated rings. The Labute approximate surface area is 139 Å². The van der Waals surface area contributed by atoms with E-state index in [1.807, 2.05) is 23.1 Å². The predicted octanol–water partition coefficient (Wildman–Crippen LogP) is 1.85. The average molecular weight is 341 g/mol. The lowest BCUT2D eigenvalue weighted by Crippen LogP contribution is -2.51. The van der Waals surface area contributed by atoms with Crippen LogP contribution in [0.1, 0.15) is 29.3 Å². The Bertz CT molecular complexity index is 610. The molecule has 3 rings (SSSR count). The Hall–Kier alpha value is -1.24. The number of carbonyl (C=O) groups is 2. The summed E-state index contributed by atoms with van der Waals surface area (Å²) in [5.41, 5.74) is 2.17. The zero-order valence-electron chi connectivity index (χ0n) is 11.9. The van der Waals surface area contributed by atoms with Crippen LogP contribution in [0.4, 0.5) is 0 Å². The molecule has 118 valence electrons. The van der Waals surface area contributed by atoms with Crippen LogP contribution in [-0.2, 0) is 16.1 Å². The van der Waals surface area contributed by atoms with Crippen molar-refractivity contribution in [2.24, 2.45) is 0 Å². The number of alkyl halides is 1. The minimum atomic E-state index is -0.320. The molecule has 2 atom stereocenters. The van der Waals surface area contributed by atoms with Gasteiger partial charge < -0.3 is 4.74 Å². The molecule has 1 aromatic rings. The molecule has 7 heteroatoms. The number of imide groups is 1. The fourth-order valence-electron chi connectivity index (χ4n) is 2.96. The summed E-state index contributed by atoms with van der Waals surface area (Å²) in [5, 5.41) is 2.25. The minimum absolute atomic E-state index is 0.152. The number of nitrogens with one attached hydrogen (secondary N) is 1. The van der Waals surface area contributed by atoms with E-state index in [0.29, 0.717) is 31.9 Å². The number of carbonyl (C=O) groups excluding carboxylic acids is 2. The van der Waals surface area contributed by atoms with E-state index in [1.54, 1.807) is 0 Å². The Balaban J connectivity index is 1.77. The van der Waals surface area contributed by atoms with Gasteiger partial charge in [0, 0.05) is 13.0 Å². The van der Waals surface area contributed by atoms with Crippen molar-refractivity contribution >= 4 is 36.0 Å². The van der Waals surface area contributed by atoms with Crippen molar-refractivity contribution in [3.63, 3.8) is 0 Å². The third kappa shape index (κ3) is 2.95. The van der Waals surface area contributed by atoms with Gasteiger partial charge in [0.15, 0.2) is 0 Å². The maximum Gasteiger partial charge on any atom is 0.243 e. The van der Waals surface area contributed by atoms with Gasteiger partial charge >= 0.3 is 0 Å². The maximum atomic E-state index is 12.0. The third-order valence-corrected chi connectivity index (χ3v) is 4.75. The summed E-state index contributed by atoms with van der Waals surface area (Å²) in [4.78, 5) is 25.3. The van der Waals surface area contributed by atoms with Crippen molar-refractivity contribution in [3.05, 3.63) is 29.3 Å². The first kappa shape index (κ1) is 15.6. The van der Waals surface area contributed by atoms with Gasteiger partial charge in [-0.2, -0.15) is 12.6 Å². The highest BCUT2D eigenvalue weighted by Crippen LogP contribution is 2.40. The van der Waals surface area contributed by atoms with E-state index in [9.17, 15) is 9.59 Å². The molecule has 2 heterocycles. The summed E-state index contributed by atoms with van der Waals surface area (Å²) in [5.74, 6) is 0.770. The fourth-order valence-corrected chi connectivity index (χ4v) is 3.53. The molecular formula is C15H17ClN2O3S. The van der Waals surface area contributed by atoms with Crippen molar-refractivity contribution in [2.45, 2.75) is 30.8 Å². The van der Waals surface area contributed by atoms with Gasteiger partial charge in [-0.3, -0.25) is 19.8 Å². The van der Waals surface area contributed by atoms with Crippen LogP contribution in [0.2, 0.25) is 0 Å². The molecule has 0 aromatic heterocycles. The number of hydrogen-bond acceptors (Lipinski definition) is 5. The molecule has 0 radical (unpaired) electrons. The molecule has 0 saturated carbocycles. The molecule has 2 aliphatic heterocycles. The van der Waals surface area contributed by atoms with Crippen molar-refractivity contribution in [1.82, 2.24) is 10.2 Å². The average Bonchev–Trinajstić information content (AvgIpc) is 2.82. The lowest BCUT2D eigenvalue weighted by atomic mass is 10.0. The number of piperidine rings is 1. The van der Waals surface area contributed by atoms with Crippen LogP contribution < -0.4 is 10.1 Å². The Kier molecular flexibility index (Phi) is 4.61. The highest BCUT2D eigenvalue weighted by Gasteiger charge is 2.39. The molecule has 1 aromatic carbocycles. The van der Waals surface area contributed by atoms with E-state index in [4.69, 9.17) is 16.3 Å². The molecule has 0 spiro atoms. The molecule has 2 unspecified atom stereocenters. The van der Waals surface area contributed by atoms with Crippen molar-refractivity contribution in [2.75, 3.05) is 12.5 Å². The zero-order chi connectivity index (χ0) is 15.7. The van der Waals surface area contributed by atoms with Gasteiger partial charge in [0.05, 0.1) is 17.3 Å². The van der Waals surface area contributed by atoms with Gasteiger partial charge in [-0.15, -0.1) is 11.6 Å². The number of ether oxygens (including phenoxy) is 1. The van der Waals surface area contributed by atoms with Crippen LogP contribution in [-0.4, -0.2) is 35.2 Å². The van der Waals surface area contributed by atoms with Gasteiger partial charge in [0.25, 0.3) is 0 Å². The smallest absolute Gasteiger partial charge is 0.243 e. The van der Waals surface area contributed by atoms with Gasteiger partial charge in [-0.25, -0.2) is 0 Å². The molecule has 1 N–H and O–H groups in total. The number of halogens is 1. The lowest BCUT2D eigenvalue weighted by molar-refractivity contribution is -0.137. The molecule has 0 bridgehead atoms. The zero-order valence-corrected chi connectivity index (χ0v) is 13.6. The second kappa shape index (κ2) is 6.48. The first-order chi connectivity index (χ1) is 10.6. The largest absolute Gasteiger partial charge is 0.492 e. The highest BCUT2D eigenvalue weighted by molar-refractivity contribution is 7.80. The molecular weight excluding hydrogens is 324 g/mol. The van der Waals surface area contributed by atoms with Crippen LogP contribution in [0, 0.1) is 0 Å². The van der Waals surface area contributed by atoms with Gasteiger partial charge in [0.2, 0.25) is 11.8 Å². The van der Waals surface area contributed by atoms with E-state index in [2.05, 4.69) is 17.9 Å². The van der Waals surface area contributed by atoms with Gasteiger partial charge in [-0.1, -0.05) is 6.07 Å². The summed E-state index contributed by atoms with van der Waals surface area (Å²) >= 11 is 10.3. The quantitative estimate of drug-likeness (QED) is 0.499. The molecule has 22 heavy (non-hydrogen) atoms. The van der Waals surface area contributed by atoms with Crippen LogP contribution in [0.15, 0.2) is 18.2 Å². The standard InChI is InChI=1S/C15H17ClN2O3S/c16-5-6-21-10-1-2-11-9(7-10)8-18(15(11)22)12-3-4-13(19)17-14(12)20/h1-2,7,12,15,22H,3-6,8H2,(H,17,19,20). The predicted molar refractivity (Wildman–Crippen MR) is 86.1 cm³/mol. The molecule has 1 saturated heterocycles. The van der Waals surface area contributed by atoms with Crippen molar-refractivity contribution in [3.8, 4) is 5.75 Å². The minimum Gasteiger partial charge on any atom is -0.492 e. The topological polar surface area (TPSA) is 58.6 Å². The molecule has 0 aliphatic carbocycles. The summed E-state index contributed by atoms with van der Waals surface area (Å²) in [6.45, 7) is 1.08. The fraction of sp³-hybridized carbons (Fsp3) is 0.467. The first-order valence-electron chi connectivity index (χ1n) is 7.19. The Morgan fingerprint density at radius 2 is 2.23 bits per heavy atom. The monoisotopic (exact) mass is 340 g/mol. The van der Waals surface area contributed by atoms with Gasteiger partial charge in [0.1, 0.15) is 12.4 Å². The maximum absolute atomic E-state index is 12.0. The number of benzene rings is 1. The summed E-state index contributed by atoms with van der Waals surface area (Å²) in [6.07, 6.45) is 0.902. The highest BCUT2D eigenvalue weighted by atomic mass is 35.5. The number of amides is 2.